The third-order valence-corrected chi connectivity index (χ3v) is 11.2. The summed E-state index contributed by atoms with van der Waals surface area (Å²) >= 11 is 1.61. The number of ether oxygens (including phenoxy) is 1. The van der Waals surface area contributed by atoms with E-state index >= 15 is 0 Å². The van der Waals surface area contributed by atoms with Crippen molar-refractivity contribution in [1.29, 1.82) is 0 Å². The molecule has 1 saturated heterocycles. The molecule has 1 aliphatic heterocycles. The summed E-state index contributed by atoms with van der Waals surface area (Å²) in [5, 5.41) is 16.2. The smallest absolute Gasteiger partial charge is 0.245 e. The van der Waals surface area contributed by atoms with Crippen LogP contribution in [0.3, 0.4) is 0 Å². The average Bonchev–Trinajstić information content (AvgIpc) is 3.54. The summed E-state index contributed by atoms with van der Waals surface area (Å²) < 4.78 is 6.02. The quantitative estimate of drug-likeness (QED) is 0.169. The molecule has 1 heterocycles. The Morgan fingerprint density at radius 1 is 1.04 bits per heavy atom. The number of thioether (sulfide) groups is 1. The van der Waals surface area contributed by atoms with Crippen LogP contribution in [-0.2, 0) is 30.3 Å². The van der Waals surface area contributed by atoms with E-state index in [4.69, 9.17) is 4.74 Å². The first-order valence-electron chi connectivity index (χ1n) is 18.7. The van der Waals surface area contributed by atoms with E-state index in [1.165, 1.54) is 0 Å². The van der Waals surface area contributed by atoms with E-state index in [1.54, 1.807) is 43.0 Å². The molecule has 4 amide bonds. The molecule has 51 heavy (non-hydrogen) atoms. The highest BCUT2D eigenvalue weighted by molar-refractivity contribution is 7.98. The summed E-state index contributed by atoms with van der Waals surface area (Å²) in [6, 6.07) is 5.56. The van der Waals surface area contributed by atoms with Crippen molar-refractivity contribution < 1.29 is 29.0 Å². The molecule has 0 bridgehead atoms. The number of hydrogen-bond donors (Lipinski definition) is 3. The van der Waals surface area contributed by atoms with Gasteiger partial charge in [-0.2, -0.15) is 11.8 Å². The van der Waals surface area contributed by atoms with Gasteiger partial charge in [0.25, 0.3) is 0 Å². The first kappa shape index (κ1) is 44.3. The SMILES string of the molecule is CCC(C)C(C(CC(=O)N1CCCC1CC(CSC)C(=O)NCCc1ccccc1O)OC)N(C)C(=O)C(NC(=O)C(C(C)C)N(C)C)C(C)C. The molecule has 0 radical (unpaired) electrons. The summed E-state index contributed by atoms with van der Waals surface area (Å²) in [7, 11) is 7.08. The molecule has 0 saturated carbocycles. The van der Waals surface area contributed by atoms with Crippen molar-refractivity contribution in [1.82, 2.24) is 25.3 Å². The Kier molecular flexibility index (Phi) is 18.8. The molecule has 0 aromatic heterocycles. The van der Waals surface area contributed by atoms with Crippen LogP contribution in [0.1, 0.15) is 79.2 Å². The van der Waals surface area contributed by atoms with Gasteiger partial charge in [-0.25, -0.2) is 0 Å². The van der Waals surface area contributed by atoms with Crippen LogP contribution in [0.2, 0.25) is 0 Å². The van der Waals surface area contributed by atoms with Crippen LogP contribution >= 0.6 is 11.8 Å². The number of benzene rings is 1. The fraction of sp³-hybridized carbons (Fsp3) is 0.744. The number of phenolic OH excluding ortho intramolecular Hbond substituents is 1. The zero-order chi connectivity index (χ0) is 38.4. The largest absolute Gasteiger partial charge is 0.508 e. The molecule has 1 aromatic rings. The number of carbonyl (C=O) groups is 4. The van der Waals surface area contributed by atoms with Crippen molar-refractivity contribution in [2.75, 3.05) is 53.4 Å². The van der Waals surface area contributed by atoms with Gasteiger partial charge in [0, 0.05) is 45.0 Å². The molecular formula is C39H67N5O6S. The number of likely N-dealkylation sites (tertiary alicyclic amines) is 1. The van der Waals surface area contributed by atoms with Crippen LogP contribution < -0.4 is 10.6 Å². The van der Waals surface area contributed by atoms with Gasteiger partial charge in [0.05, 0.1) is 24.6 Å². The number of amides is 4. The van der Waals surface area contributed by atoms with E-state index in [0.29, 0.717) is 31.7 Å². The number of carbonyl (C=O) groups excluding carboxylic acids is 4. The first-order valence-corrected chi connectivity index (χ1v) is 20.1. The van der Waals surface area contributed by atoms with Crippen LogP contribution in [0.25, 0.3) is 0 Å². The molecular weight excluding hydrogens is 667 g/mol. The molecule has 2 rings (SSSR count). The summed E-state index contributed by atoms with van der Waals surface area (Å²) in [4.78, 5) is 60.4. The fourth-order valence-electron chi connectivity index (χ4n) is 7.50. The van der Waals surface area contributed by atoms with E-state index < -0.39 is 18.2 Å². The van der Waals surface area contributed by atoms with Crippen LogP contribution in [0.5, 0.6) is 5.75 Å². The van der Waals surface area contributed by atoms with Crippen LogP contribution in [0.4, 0.5) is 0 Å². The average molecular weight is 734 g/mol. The predicted molar refractivity (Wildman–Crippen MR) is 207 cm³/mol. The van der Waals surface area contributed by atoms with Crippen molar-refractivity contribution in [3.63, 3.8) is 0 Å². The lowest BCUT2D eigenvalue weighted by Crippen LogP contribution is -2.59. The number of rotatable bonds is 21. The molecule has 3 N–H and O–H groups in total. The van der Waals surface area contributed by atoms with Gasteiger partial charge in [-0.1, -0.05) is 66.2 Å². The summed E-state index contributed by atoms with van der Waals surface area (Å²) in [5.41, 5.74) is 0.788. The van der Waals surface area contributed by atoms with Gasteiger partial charge in [-0.3, -0.25) is 24.1 Å². The van der Waals surface area contributed by atoms with E-state index in [0.717, 1.165) is 24.8 Å². The molecule has 0 spiro atoms. The van der Waals surface area contributed by atoms with E-state index in [2.05, 4.69) is 24.5 Å². The third-order valence-electron chi connectivity index (χ3n) is 10.4. The minimum Gasteiger partial charge on any atom is -0.508 e. The summed E-state index contributed by atoms with van der Waals surface area (Å²) in [6.07, 6.45) is 5.09. The molecule has 0 aliphatic carbocycles. The standard InChI is InChI=1S/C39H67N5O6S/c1-12-27(6)36(43(9)39(49)34(25(2)3)41-38(48)35(26(4)5)42(7)8)32(50-10)23-33(46)44-21-15-17-30(44)22-29(24-51-11)37(47)40-20-19-28-16-13-14-18-31(28)45/h13-14,16,18,25-27,29-30,32,34-36,45H,12,15,17,19-24H2,1-11H3,(H,40,47)(H,41,48). The highest BCUT2D eigenvalue weighted by atomic mass is 32.2. The van der Waals surface area contributed by atoms with Crippen molar-refractivity contribution in [2.45, 2.75) is 110 Å². The summed E-state index contributed by atoms with van der Waals surface area (Å²) in [5.74, 6) is 0.0716. The second kappa shape index (κ2) is 21.6. The number of aromatic hydroxyl groups is 1. The van der Waals surface area contributed by atoms with E-state index in [1.807, 2.05) is 70.0 Å². The van der Waals surface area contributed by atoms with Crippen LogP contribution in [0.15, 0.2) is 24.3 Å². The molecule has 1 fully saturated rings. The Bertz CT molecular complexity index is 1250. The lowest BCUT2D eigenvalue weighted by Gasteiger charge is -2.40. The van der Waals surface area contributed by atoms with Gasteiger partial charge in [-0.05, 0) is 75.4 Å². The lowest BCUT2D eigenvalue weighted by atomic mass is 9.89. The molecule has 11 nitrogen and oxygen atoms in total. The van der Waals surface area contributed by atoms with Crippen LogP contribution in [0, 0.1) is 23.7 Å². The van der Waals surface area contributed by atoms with Crippen molar-refractivity contribution in [3.8, 4) is 5.75 Å². The highest BCUT2D eigenvalue weighted by Crippen LogP contribution is 2.29. The third kappa shape index (κ3) is 12.7. The Labute approximate surface area is 312 Å². The number of nitrogens with one attached hydrogen (secondary N) is 2. The number of methoxy groups -OCH3 is 1. The Balaban J connectivity index is 2.18. The molecule has 290 valence electrons. The first-order chi connectivity index (χ1) is 24.1. The zero-order valence-electron chi connectivity index (χ0n) is 33.1. The van der Waals surface area contributed by atoms with Gasteiger partial charge < -0.3 is 30.3 Å². The van der Waals surface area contributed by atoms with E-state index in [9.17, 15) is 24.3 Å². The lowest BCUT2D eigenvalue weighted by molar-refractivity contribution is -0.146. The number of para-hydroxylation sites is 1. The molecule has 1 aromatic carbocycles. The van der Waals surface area contributed by atoms with Crippen LogP contribution in [-0.4, -0.2) is 127 Å². The second-order valence-electron chi connectivity index (χ2n) is 15.1. The fourth-order valence-corrected chi connectivity index (χ4v) is 8.19. The molecule has 7 atom stereocenters. The maximum atomic E-state index is 14.2. The number of hydrogen-bond acceptors (Lipinski definition) is 8. The maximum absolute atomic E-state index is 14.2. The monoisotopic (exact) mass is 733 g/mol. The van der Waals surface area contributed by atoms with Gasteiger partial charge in [0.1, 0.15) is 11.8 Å². The Hall–Kier alpha value is -2.83. The van der Waals surface area contributed by atoms with Gasteiger partial charge in [-0.15, -0.1) is 0 Å². The van der Waals surface area contributed by atoms with Crippen molar-refractivity contribution >= 4 is 35.4 Å². The van der Waals surface area contributed by atoms with Gasteiger partial charge in [0.15, 0.2) is 0 Å². The topological polar surface area (TPSA) is 132 Å². The zero-order valence-corrected chi connectivity index (χ0v) is 33.9. The predicted octanol–water partition coefficient (Wildman–Crippen LogP) is 4.42. The molecule has 7 unspecified atom stereocenters. The minimum atomic E-state index is -0.732. The number of likely N-dealkylation sites (N-methyl/N-ethyl adjacent to an activating group) is 2. The van der Waals surface area contributed by atoms with Gasteiger partial charge in [0.2, 0.25) is 23.6 Å². The van der Waals surface area contributed by atoms with Crippen molar-refractivity contribution in [3.05, 3.63) is 29.8 Å². The highest BCUT2D eigenvalue weighted by Gasteiger charge is 2.40. The molecule has 1 aliphatic rings. The molecule has 12 heteroatoms. The van der Waals surface area contributed by atoms with Crippen molar-refractivity contribution in [2.24, 2.45) is 23.7 Å². The Morgan fingerprint density at radius 2 is 1.71 bits per heavy atom. The van der Waals surface area contributed by atoms with Gasteiger partial charge >= 0.3 is 0 Å². The number of phenols is 1. The minimum absolute atomic E-state index is 0.0206. The van der Waals surface area contributed by atoms with E-state index in [-0.39, 0.29) is 71.6 Å². The maximum Gasteiger partial charge on any atom is 0.245 e. The number of nitrogens with zero attached hydrogens (tertiary/aromatic N) is 3. The second-order valence-corrected chi connectivity index (χ2v) is 16.0. The Morgan fingerprint density at radius 3 is 2.25 bits per heavy atom. The summed E-state index contributed by atoms with van der Waals surface area (Å²) in [6.45, 7) is 13.0. The normalized spacial score (nSPS) is 18.3.